The molecule has 4 aromatic rings. The molecule has 3 aromatic heterocycles. The zero-order chi connectivity index (χ0) is 22.2. The van der Waals surface area contributed by atoms with E-state index in [2.05, 4.69) is 15.1 Å². The molecule has 0 spiro atoms. The van der Waals surface area contributed by atoms with E-state index in [1.165, 1.54) is 6.07 Å². The van der Waals surface area contributed by atoms with Gasteiger partial charge < -0.3 is 9.84 Å². The van der Waals surface area contributed by atoms with E-state index in [-0.39, 0.29) is 29.1 Å². The van der Waals surface area contributed by atoms with Crippen LogP contribution in [0.1, 0.15) is 31.1 Å². The van der Waals surface area contributed by atoms with Crippen LogP contribution in [0, 0.1) is 11.6 Å². The lowest BCUT2D eigenvalue weighted by Crippen LogP contribution is -2.18. The zero-order valence-corrected chi connectivity index (χ0v) is 17.7. The summed E-state index contributed by atoms with van der Waals surface area (Å²) in [4.78, 5) is 8.97. The molecule has 0 radical (unpaired) electrons. The summed E-state index contributed by atoms with van der Waals surface area (Å²) in [6.45, 7) is 0.464. The number of aromatic nitrogens is 4. The van der Waals surface area contributed by atoms with E-state index >= 15 is 0 Å². The maximum Gasteiger partial charge on any atom is 0.150 e. The fraction of sp³-hybridized carbons (Fsp3) is 0.261. The fourth-order valence-corrected chi connectivity index (χ4v) is 4.01. The van der Waals surface area contributed by atoms with Crippen LogP contribution in [0.4, 0.5) is 8.78 Å². The topological polar surface area (TPSA) is 73.1 Å². The van der Waals surface area contributed by atoms with Gasteiger partial charge in [0.05, 0.1) is 28.4 Å². The Labute approximate surface area is 187 Å². The molecule has 1 atom stereocenters. The van der Waals surface area contributed by atoms with Crippen LogP contribution in [0.2, 0.25) is 5.02 Å². The summed E-state index contributed by atoms with van der Waals surface area (Å²) in [6, 6.07) is 7.30. The Kier molecular flexibility index (Phi) is 5.58. The van der Waals surface area contributed by atoms with Gasteiger partial charge in [0.1, 0.15) is 23.6 Å². The molecule has 1 fully saturated rings. The summed E-state index contributed by atoms with van der Waals surface area (Å²) in [5.74, 6) is -1.61. The number of benzene rings is 1. The third kappa shape index (κ3) is 3.85. The van der Waals surface area contributed by atoms with Crippen molar-refractivity contribution in [3.63, 3.8) is 0 Å². The molecule has 9 heteroatoms. The molecule has 164 valence electrons. The highest BCUT2D eigenvalue weighted by Crippen LogP contribution is 2.36. The predicted molar refractivity (Wildman–Crippen MR) is 116 cm³/mol. The Balaban J connectivity index is 1.69. The van der Waals surface area contributed by atoms with Gasteiger partial charge in [0, 0.05) is 36.2 Å². The fourth-order valence-electron chi connectivity index (χ4n) is 3.85. The number of aliphatic hydroxyl groups excluding tert-OH is 1. The summed E-state index contributed by atoms with van der Waals surface area (Å²) in [6.07, 6.45) is 5.82. The van der Waals surface area contributed by atoms with Crippen LogP contribution in [0.25, 0.3) is 33.5 Å². The molecule has 1 aliphatic rings. The standard InChI is InChI=1S/C23H19ClF2N4O2/c24-16-8-14(17(25)9-18(16)26)23-15(11-30(29-23)22-3-1-2-6-32-22)19-4-5-20-21(28-19)7-13(12-31)10-27-20/h4-5,7-11,22,31H,1-3,6,12H2. The monoisotopic (exact) mass is 456 g/mol. The lowest BCUT2D eigenvalue weighted by atomic mass is 10.0. The molecule has 1 unspecified atom stereocenters. The number of rotatable bonds is 4. The van der Waals surface area contributed by atoms with Crippen LogP contribution in [-0.4, -0.2) is 31.5 Å². The minimum Gasteiger partial charge on any atom is -0.392 e. The van der Waals surface area contributed by atoms with E-state index in [1.54, 1.807) is 35.3 Å². The van der Waals surface area contributed by atoms with Gasteiger partial charge in [0.2, 0.25) is 0 Å². The number of hydrogen-bond acceptors (Lipinski definition) is 5. The smallest absolute Gasteiger partial charge is 0.150 e. The van der Waals surface area contributed by atoms with Crippen molar-refractivity contribution in [2.24, 2.45) is 0 Å². The SMILES string of the molecule is OCc1cnc2ccc(-c3cn(C4CCCCO4)nc3-c3cc(Cl)c(F)cc3F)nc2c1. The first kappa shape index (κ1) is 20.9. The van der Waals surface area contributed by atoms with Gasteiger partial charge in [-0.05, 0) is 49.1 Å². The molecule has 0 bridgehead atoms. The summed E-state index contributed by atoms with van der Waals surface area (Å²) in [5, 5.41) is 13.8. The second-order valence-corrected chi connectivity index (χ2v) is 8.08. The highest BCUT2D eigenvalue weighted by atomic mass is 35.5. The molecular formula is C23H19ClF2N4O2. The summed E-state index contributed by atoms with van der Waals surface area (Å²) in [7, 11) is 0. The quantitative estimate of drug-likeness (QED) is 0.423. The van der Waals surface area contributed by atoms with E-state index in [0.29, 0.717) is 34.5 Å². The van der Waals surface area contributed by atoms with E-state index in [0.717, 1.165) is 25.3 Å². The lowest BCUT2D eigenvalue weighted by Gasteiger charge is -2.22. The van der Waals surface area contributed by atoms with Crippen molar-refractivity contribution in [2.45, 2.75) is 32.1 Å². The second-order valence-electron chi connectivity index (χ2n) is 7.68. The molecule has 4 heterocycles. The van der Waals surface area contributed by atoms with Gasteiger partial charge in [0.15, 0.2) is 0 Å². The third-order valence-electron chi connectivity index (χ3n) is 5.50. The highest BCUT2D eigenvalue weighted by molar-refractivity contribution is 6.31. The predicted octanol–water partition coefficient (Wildman–Crippen LogP) is 5.28. The molecule has 1 saturated heterocycles. The van der Waals surface area contributed by atoms with Gasteiger partial charge in [0.25, 0.3) is 0 Å². The zero-order valence-electron chi connectivity index (χ0n) is 16.9. The Morgan fingerprint density at radius 2 is 1.97 bits per heavy atom. The van der Waals surface area contributed by atoms with Crippen LogP contribution in [0.3, 0.4) is 0 Å². The maximum atomic E-state index is 14.8. The number of aliphatic hydroxyl groups is 1. The van der Waals surface area contributed by atoms with Crippen molar-refractivity contribution in [3.8, 4) is 22.5 Å². The second kappa shape index (κ2) is 8.54. The van der Waals surface area contributed by atoms with Gasteiger partial charge in [-0.2, -0.15) is 5.10 Å². The first-order valence-electron chi connectivity index (χ1n) is 10.3. The van der Waals surface area contributed by atoms with E-state index < -0.39 is 11.6 Å². The number of fused-ring (bicyclic) bond motifs is 1. The Morgan fingerprint density at radius 3 is 2.75 bits per heavy atom. The molecule has 1 aliphatic heterocycles. The Bertz CT molecular complexity index is 1300. The van der Waals surface area contributed by atoms with Crippen LogP contribution in [0.5, 0.6) is 0 Å². The van der Waals surface area contributed by atoms with Crippen LogP contribution < -0.4 is 0 Å². The molecule has 6 nitrogen and oxygen atoms in total. The van der Waals surface area contributed by atoms with Gasteiger partial charge in [-0.3, -0.25) is 4.98 Å². The first-order chi connectivity index (χ1) is 15.5. The molecule has 32 heavy (non-hydrogen) atoms. The van der Waals surface area contributed by atoms with Crippen LogP contribution >= 0.6 is 11.6 Å². The van der Waals surface area contributed by atoms with E-state index in [1.807, 2.05) is 0 Å². The molecule has 1 N–H and O–H groups in total. The molecule has 5 rings (SSSR count). The molecule has 0 amide bonds. The minimum atomic E-state index is -0.837. The minimum absolute atomic E-state index is 0.0742. The van der Waals surface area contributed by atoms with Gasteiger partial charge >= 0.3 is 0 Å². The average Bonchev–Trinajstić information content (AvgIpc) is 3.26. The molecule has 0 aliphatic carbocycles. The average molecular weight is 457 g/mol. The molecule has 0 saturated carbocycles. The molecule has 1 aromatic carbocycles. The summed E-state index contributed by atoms with van der Waals surface area (Å²) in [5.41, 5.74) is 3.32. The number of pyridine rings is 2. The molecular weight excluding hydrogens is 438 g/mol. The van der Waals surface area contributed by atoms with Crippen molar-refractivity contribution in [2.75, 3.05) is 6.61 Å². The van der Waals surface area contributed by atoms with Gasteiger partial charge in [-0.15, -0.1) is 0 Å². The number of ether oxygens (including phenoxy) is 1. The van der Waals surface area contributed by atoms with Crippen molar-refractivity contribution in [1.29, 1.82) is 0 Å². The summed E-state index contributed by atoms with van der Waals surface area (Å²) >= 11 is 5.95. The van der Waals surface area contributed by atoms with Crippen molar-refractivity contribution in [1.82, 2.24) is 19.7 Å². The number of hydrogen-bond donors (Lipinski definition) is 1. The van der Waals surface area contributed by atoms with Crippen molar-refractivity contribution in [3.05, 3.63) is 64.9 Å². The number of halogens is 3. The Morgan fingerprint density at radius 1 is 1.09 bits per heavy atom. The third-order valence-corrected chi connectivity index (χ3v) is 5.79. The van der Waals surface area contributed by atoms with Crippen molar-refractivity contribution < 1.29 is 18.6 Å². The normalized spacial score (nSPS) is 16.6. The van der Waals surface area contributed by atoms with Crippen LogP contribution in [-0.2, 0) is 11.3 Å². The van der Waals surface area contributed by atoms with Crippen molar-refractivity contribution >= 4 is 22.6 Å². The van der Waals surface area contributed by atoms with E-state index in [9.17, 15) is 13.9 Å². The summed E-state index contributed by atoms with van der Waals surface area (Å²) < 4.78 is 36.1. The highest BCUT2D eigenvalue weighted by Gasteiger charge is 2.24. The Hall–Kier alpha value is -2.94. The largest absolute Gasteiger partial charge is 0.392 e. The van der Waals surface area contributed by atoms with Crippen LogP contribution in [0.15, 0.2) is 42.7 Å². The maximum absolute atomic E-state index is 14.8. The lowest BCUT2D eigenvalue weighted by molar-refractivity contribution is -0.0393. The number of nitrogens with zero attached hydrogens (tertiary/aromatic N) is 4. The van der Waals surface area contributed by atoms with Gasteiger partial charge in [-0.25, -0.2) is 18.4 Å². The first-order valence-corrected chi connectivity index (χ1v) is 10.6. The van der Waals surface area contributed by atoms with E-state index in [4.69, 9.17) is 16.3 Å². The van der Waals surface area contributed by atoms with Gasteiger partial charge in [-0.1, -0.05) is 11.6 Å².